The molecule has 0 aliphatic rings. The molecule has 2 aromatic rings. The van der Waals surface area contributed by atoms with Gasteiger partial charge in [-0.05, 0) is 35.9 Å². The van der Waals surface area contributed by atoms with E-state index in [0.717, 1.165) is 11.8 Å². The highest BCUT2D eigenvalue weighted by atomic mass is 35.5. The van der Waals surface area contributed by atoms with Crippen LogP contribution in [-0.4, -0.2) is 39.6 Å². The van der Waals surface area contributed by atoms with Gasteiger partial charge in [-0.2, -0.15) is 0 Å². The van der Waals surface area contributed by atoms with Gasteiger partial charge in [0.25, 0.3) is 5.91 Å². The van der Waals surface area contributed by atoms with Crippen LogP contribution in [0.3, 0.4) is 0 Å². The van der Waals surface area contributed by atoms with Gasteiger partial charge in [0.15, 0.2) is 0 Å². The van der Waals surface area contributed by atoms with Gasteiger partial charge in [0.2, 0.25) is 10.0 Å². The predicted molar refractivity (Wildman–Crippen MR) is 96.9 cm³/mol. The Kier molecular flexibility index (Phi) is 5.51. The second kappa shape index (κ2) is 7.23. The zero-order chi connectivity index (χ0) is 17.9. The molecule has 0 bridgehead atoms. The summed E-state index contributed by atoms with van der Waals surface area (Å²) in [4.78, 5) is 13.4. The fourth-order valence-electron chi connectivity index (χ4n) is 2.21. The molecule has 0 spiro atoms. The highest BCUT2D eigenvalue weighted by Crippen LogP contribution is 2.24. The van der Waals surface area contributed by atoms with Gasteiger partial charge in [-0.15, -0.1) is 0 Å². The molecule has 2 rings (SSSR count). The average molecular weight is 367 g/mol. The van der Waals surface area contributed by atoms with Crippen LogP contribution in [-0.2, 0) is 16.6 Å². The normalized spacial score (nSPS) is 11.2. The lowest BCUT2D eigenvalue weighted by molar-refractivity contribution is 0.0827. The molecular formula is C17H19ClN2O3S. The Morgan fingerprint density at radius 1 is 1.08 bits per heavy atom. The van der Waals surface area contributed by atoms with Crippen molar-refractivity contribution in [1.29, 1.82) is 0 Å². The van der Waals surface area contributed by atoms with Crippen molar-refractivity contribution in [2.75, 3.05) is 24.7 Å². The summed E-state index contributed by atoms with van der Waals surface area (Å²) in [5.74, 6) is -0.101. The molecule has 128 valence electrons. The molecule has 0 radical (unpaired) electrons. The number of anilines is 1. The van der Waals surface area contributed by atoms with Crippen LogP contribution >= 0.6 is 11.6 Å². The van der Waals surface area contributed by atoms with Gasteiger partial charge in [0, 0.05) is 24.7 Å². The van der Waals surface area contributed by atoms with Crippen LogP contribution in [0, 0.1) is 0 Å². The van der Waals surface area contributed by atoms with Crippen molar-refractivity contribution in [1.82, 2.24) is 4.90 Å². The van der Waals surface area contributed by atoms with Crippen molar-refractivity contribution in [3.8, 4) is 0 Å². The first-order valence-electron chi connectivity index (χ1n) is 7.22. The van der Waals surface area contributed by atoms with Gasteiger partial charge in [0.05, 0.1) is 18.5 Å². The van der Waals surface area contributed by atoms with E-state index < -0.39 is 10.0 Å². The maximum Gasteiger partial charge on any atom is 0.253 e. The maximum absolute atomic E-state index is 12.1. The van der Waals surface area contributed by atoms with E-state index >= 15 is 0 Å². The number of hydrogen-bond acceptors (Lipinski definition) is 3. The molecule has 0 aromatic heterocycles. The van der Waals surface area contributed by atoms with Gasteiger partial charge in [-0.3, -0.25) is 9.10 Å². The van der Waals surface area contributed by atoms with Crippen LogP contribution in [0.1, 0.15) is 15.9 Å². The molecule has 5 nitrogen and oxygen atoms in total. The van der Waals surface area contributed by atoms with E-state index in [1.165, 1.54) is 9.21 Å². The Hall–Kier alpha value is -2.05. The summed E-state index contributed by atoms with van der Waals surface area (Å²) in [6.45, 7) is 0.162. The first-order chi connectivity index (χ1) is 11.2. The minimum atomic E-state index is -3.47. The third kappa shape index (κ3) is 4.49. The average Bonchev–Trinajstić information content (AvgIpc) is 2.51. The Morgan fingerprint density at radius 2 is 1.71 bits per heavy atom. The Balaban J connectivity index is 2.30. The summed E-state index contributed by atoms with van der Waals surface area (Å²) in [6, 6.07) is 13.6. The van der Waals surface area contributed by atoms with Crippen LogP contribution in [0.5, 0.6) is 0 Å². The third-order valence-electron chi connectivity index (χ3n) is 3.43. The van der Waals surface area contributed by atoms with E-state index in [1.54, 1.807) is 62.6 Å². The first kappa shape index (κ1) is 18.3. The molecule has 2 aromatic carbocycles. The summed E-state index contributed by atoms with van der Waals surface area (Å²) in [5.41, 5.74) is 1.83. The summed E-state index contributed by atoms with van der Waals surface area (Å²) < 4.78 is 25.5. The number of benzene rings is 2. The lowest BCUT2D eigenvalue weighted by Crippen LogP contribution is -2.29. The van der Waals surface area contributed by atoms with Crippen molar-refractivity contribution in [3.05, 3.63) is 64.7 Å². The molecular weight excluding hydrogens is 348 g/mol. The minimum absolute atomic E-state index is 0.101. The van der Waals surface area contributed by atoms with E-state index in [0.29, 0.717) is 16.3 Å². The smallest absolute Gasteiger partial charge is 0.253 e. The Bertz CT molecular complexity index is 833. The zero-order valence-corrected chi connectivity index (χ0v) is 15.3. The van der Waals surface area contributed by atoms with Gasteiger partial charge < -0.3 is 4.90 Å². The van der Waals surface area contributed by atoms with E-state index in [2.05, 4.69) is 0 Å². The fourth-order valence-corrected chi connectivity index (χ4v) is 3.27. The molecule has 24 heavy (non-hydrogen) atoms. The largest absolute Gasteiger partial charge is 0.345 e. The molecule has 0 unspecified atom stereocenters. The topological polar surface area (TPSA) is 57.7 Å². The summed E-state index contributed by atoms with van der Waals surface area (Å²) in [5, 5.41) is 0.466. The second-order valence-corrected chi connectivity index (χ2v) is 7.99. The summed E-state index contributed by atoms with van der Waals surface area (Å²) >= 11 is 5.96. The van der Waals surface area contributed by atoms with Gasteiger partial charge >= 0.3 is 0 Å². The number of amides is 1. The van der Waals surface area contributed by atoms with Crippen LogP contribution in [0.15, 0.2) is 48.5 Å². The van der Waals surface area contributed by atoms with Gasteiger partial charge in [-0.1, -0.05) is 29.8 Å². The third-order valence-corrected chi connectivity index (χ3v) is 4.81. The van der Waals surface area contributed by atoms with E-state index in [1.807, 2.05) is 0 Å². The number of carbonyl (C=O) groups is 1. The number of halogens is 1. The molecule has 0 aliphatic heterocycles. The van der Waals surface area contributed by atoms with E-state index in [4.69, 9.17) is 11.6 Å². The number of nitrogens with zero attached hydrogens (tertiary/aromatic N) is 2. The van der Waals surface area contributed by atoms with Crippen LogP contribution < -0.4 is 4.31 Å². The quantitative estimate of drug-likeness (QED) is 0.817. The first-order valence-corrected chi connectivity index (χ1v) is 9.45. The van der Waals surface area contributed by atoms with E-state index in [9.17, 15) is 13.2 Å². The van der Waals surface area contributed by atoms with Gasteiger partial charge in [0.1, 0.15) is 0 Å². The lowest BCUT2D eigenvalue weighted by atomic mass is 10.1. The van der Waals surface area contributed by atoms with E-state index in [-0.39, 0.29) is 12.5 Å². The lowest BCUT2D eigenvalue weighted by Gasteiger charge is -2.23. The summed E-state index contributed by atoms with van der Waals surface area (Å²) in [7, 11) is -0.111. The number of sulfonamides is 1. The van der Waals surface area contributed by atoms with Crippen molar-refractivity contribution in [2.24, 2.45) is 0 Å². The molecule has 0 aliphatic carbocycles. The van der Waals surface area contributed by atoms with Gasteiger partial charge in [-0.25, -0.2) is 8.42 Å². The van der Waals surface area contributed by atoms with Crippen LogP contribution in [0.4, 0.5) is 5.69 Å². The maximum atomic E-state index is 12.1. The zero-order valence-electron chi connectivity index (χ0n) is 13.7. The second-order valence-electron chi connectivity index (χ2n) is 5.65. The standard InChI is InChI=1S/C17H19ClN2O3S/c1-19(2)17(21)14-9-7-13(8-10-14)12-20(24(3,22)23)16-6-4-5-15(18)11-16/h4-11H,12H2,1-3H3. The molecule has 0 heterocycles. The SMILES string of the molecule is CN(C)C(=O)c1ccc(CN(c2cccc(Cl)c2)S(C)(=O)=O)cc1. The monoisotopic (exact) mass is 366 g/mol. The Morgan fingerprint density at radius 3 is 2.21 bits per heavy atom. The molecule has 0 N–H and O–H groups in total. The highest BCUT2D eigenvalue weighted by molar-refractivity contribution is 7.92. The Labute approximate surface area is 147 Å². The van der Waals surface area contributed by atoms with Crippen molar-refractivity contribution in [2.45, 2.75) is 6.54 Å². The summed E-state index contributed by atoms with van der Waals surface area (Å²) in [6.07, 6.45) is 1.15. The molecule has 0 fully saturated rings. The molecule has 0 atom stereocenters. The molecule has 1 amide bonds. The van der Waals surface area contributed by atoms with Crippen molar-refractivity contribution >= 4 is 33.2 Å². The van der Waals surface area contributed by atoms with Crippen LogP contribution in [0.2, 0.25) is 5.02 Å². The molecule has 0 saturated heterocycles. The number of rotatable bonds is 5. The van der Waals surface area contributed by atoms with Crippen molar-refractivity contribution in [3.63, 3.8) is 0 Å². The predicted octanol–water partition coefficient (Wildman–Crippen LogP) is 3.01. The van der Waals surface area contributed by atoms with Crippen molar-refractivity contribution < 1.29 is 13.2 Å². The number of carbonyl (C=O) groups excluding carboxylic acids is 1. The number of hydrogen-bond donors (Lipinski definition) is 0. The molecule has 7 heteroatoms. The molecule has 0 saturated carbocycles. The minimum Gasteiger partial charge on any atom is -0.345 e. The van der Waals surface area contributed by atoms with Crippen LogP contribution in [0.25, 0.3) is 0 Å². The highest BCUT2D eigenvalue weighted by Gasteiger charge is 2.18. The fraction of sp³-hybridized carbons (Fsp3) is 0.235.